The van der Waals surface area contributed by atoms with Gasteiger partial charge in [0, 0.05) is 13.6 Å². The molecule has 0 aromatic heterocycles. The molecule has 1 atom stereocenters. The number of hydrogen-bond donors (Lipinski definition) is 1. The molecule has 2 rings (SSSR count). The summed E-state index contributed by atoms with van der Waals surface area (Å²) in [4.78, 5) is 0. The van der Waals surface area contributed by atoms with Crippen molar-refractivity contribution in [1.82, 2.24) is 5.32 Å². The first kappa shape index (κ1) is 16.1. The van der Waals surface area contributed by atoms with Crippen molar-refractivity contribution in [2.24, 2.45) is 0 Å². The van der Waals surface area contributed by atoms with Gasteiger partial charge in [-0.15, -0.1) is 0 Å². The summed E-state index contributed by atoms with van der Waals surface area (Å²) in [6.07, 6.45) is 0. The summed E-state index contributed by atoms with van der Waals surface area (Å²) in [7, 11) is 1.72. The lowest BCUT2D eigenvalue weighted by Gasteiger charge is -2.20. The zero-order valence-corrected chi connectivity index (χ0v) is 14.9. The van der Waals surface area contributed by atoms with Crippen LogP contribution in [0.15, 0.2) is 34.8 Å². The lowest BCUT2D eigenvalue weighted by Crippen LogP contribution is -2.20. The highest BCUT2D eigenvalue weighted by Gasteiger charge is 2.20. The van der Waals surface area contributed by atoms with Crippen LogP contribution in [0.25, 0.3) is 0 Å². The molecule has 0 heterocycles. The van der Waals surface area contributed by atoms with E-state index >= 15 is 0 Å². The summed E-state index contributed by atoms with van der Waals surface area (Å²) >= 11 is 11.3. The number of benzene rings is 2. The maximum Gasteiger partial charge on any atom is 0.129 e. The van der Waals surface area contributed by atoms with E-state index in [9.17, 15) is 8.78 Å². The molecule has 0 radical (unpaired) electrons. The van der Waals surface area contributed by atoms with Crippen LogP contribution in [0.5, 0.6) is 0 Å². The fourth-order valence-corrected chi connectivity index (χ4v) is 3.25. The van der Waals surface area contributed by atoms with Crippen LogP contribution in [0.1, 0.15) is 17.2 Å². The monoisotopic (exact) mass is 471 g/mol. The molecule has 20 heavy (non-hydrogen) atoms. The minimum Gasteiger partial charge on any atom is -0.309 e. The predicted molar refractivity (Wildman–Crippen MR) is 89.1 cm³/mol. The van der Waals surface area contributed by atoms with Gasteiger partial charge >= 0.3 is 0 Å². The highest BCUT2D eigenvalue weighted by Crippen LogP contribution is 2.33. The number of nitrogens with one attached hydrogen (secondary N) is 1. The van der Waals surface area contributed by atoms with Gasteiger partial charge in [0.05, 0.1) is 11.1 Å². The van der Waals surface area contributed by atoms with Gasteiger partial charge in [-0.2, -0.15) is 0 Å². The first-order valence-electron chi connectivity index (χ1n) is 5.70. The van der Waals surface area contributed by atoms with Crippen LogP contribution in [-0.4, -0.2) is 7.05 Å². The van der Waals surface area contributed by atoms with Crippen LogP contribution < -0.4 is 5.32 Å². The van der Waals surface area contributed by atoms with Crippen LogP contribution in [-0.2, 0) is 0 Å². The third-order valence-corrected chi connectivity index (χ3v) is 5.04. The molecular formula is C14H10BrClF2IN. The second-order valence-corrected chi connectivity index (χ2v) is 6.60. The molecule has 1 nitrogen and oxygen atoms in total. The van der Waals surface area contributed by atoms with Crippen molar-refractivity contribution in [1.29, 1.82) is 0 Å². The second kappa shape index (κ2) is 6.68. The average Bonchev–Trinajstić information content (AvgIpc) is 2.38. The predicted octanol–water partition coefficient (Wildman–Crippen LogP) is 5.29. The van der Waals surface area contributed by atoms with E-state index in [0.717, 1.165) is 9.13 Å². The summed E-state index contributed by atoms with van der Waals surface area (Å²) in [5.41, 5.74) is 1.22. The summed E-state index contributed by atoms with van der Waals surface area (Å²) in [5.74, 6) is -0.692. The number of rotatable bonds is 3. The van der Waals surface area contributed by atoms with E-state index in [1.807, 2.05) is 22.6 Å². The average molecular weight is 472 g/mol. The molecule has 2 aromatic rings. The first-order valence-corrected chi connectivity index (χ1v) is 7.95. The van der Waals surface area contributed by atoms with Gasteiger partial charge in [0.1, 0.15) is 11.6 Å². The van der Waals surface area contributed by atoms with Crippen LogP contribution in [0.3, 0.4) is 0 Å². The van der Waals surface area contributed by atoms with Crippen LogP contribution in [0, 0.1) is 15.2 Å². The summed E-state index contributed by atoms with van der Waals surface area (Å²) < 4.78 is 28.6. The van der Waals surface area contributed by atoms with Crippen molar-refractivity contribution in [3.63, 3.8) is 0 Å². The maximum absolute atomic E-state index is 14.2. The van der Waals surface area contributed by atoms with Crippen molar-refractivity contribution >= 4 is 50.1 Å². The Balaban J connectivity index is 2.55. The van der Waals surface area contributed by atoms with Gasteiger partial charge in [-0.25, -0.2) is 8.78 Å². The third-order valence-electron chi connectivity index (χ3n) is 2.91. The Labute approximate surface area is 143 Å². The highest BCUT2D eigenvalue weighted by atomic mass is 127. The molecule has 0 saturated heterocycles. The van der Waals surface area contributed by atoms with E-state index in [0.29, 0.717) is 15.1 Å². The van der Waals surface area contributed by atoms with Crippen molar-refractivity contribution in [3.8, 4) is 0 Å². The molecule has 0 aliphatic carbocycles. The number of halogens is 5. The molecule has 0 saturated carbocycles. The smallest absolute Gasteiger partial charge is 0.129 e. The van der Waals surface area contributed by atoms with Crippen molar-refractivity contribution < 1.29 is 8.78 Å². The van der Waals surface area contributed by atoms with E-state index < -0.39 is 6.04 Å². The van der Waals surface area contributed by atoms with Gasteiger partial charge in [-0.1, -0.05) is 17.7 Å². The van der Waals surface area contributed by atoms with E-state index in [1.165, 1.54) is 18.2 Å². The Kier molecular flexibility index (Phi) is 5.39. The SMILES string of the molecule is CNC(c1cc(Cl)c(Br)cc1F)c1ccc(F)cc1I. The van der Waals surface area contributed by atoms with Crippen molar-refractivity contribution in [2.75, 3.05) is 7.05 Å². The molecular weight excluding hydrogens is 462 g/mol. The lowest BCUT2D eigenvalue weighted by molar-refractivity contribution is 0.573. The second-order valence-electron chi connectivity index (χ2n) is 4.18. The van der Waals surface area contributed by atoms with Gasteiger partial charge in [0.2, 0.25) is 0 Å². The number of hydrogen-bond acceptors (Lipinski definition) is 1. The fourth-order valence-electron chi connectivity index (χ4n) is 1.97. The molecule has 0 amide bonds. The van der Waals surface area contributed by atoms with Crippen LogP contribution in [0.4, 0.5) is 8.78 Å². The molecule has 1 unspecified atom stereocenters. The zero-order chi connectivity index (χ0) is 14.9. The quantitative estimate of drug-likeness (QED) is 0.473. The fraction of sp³-hybridized carbons (Fsp3) is 0.143. The Morgan fingerprint density at radius 3 is 2.50 bits per heavy atom. The summed E-state index contributed by atoms with van der Waals surface area (Å²) in [6.45, 7) is 0. The van der Waals surface area contributed by atoms with Crippen LogP contribution >= 0.6 is 50.1 Å². The molecule has 1 N–H and O–H groups in total. The Hall–Kier alpha value is -0.240. The van der Waals surface area contributed by atoms with E-state index in [-0.39, 0.29) is 11.6 Å². The molecule has 0 bridgehead atoms. The Morgan fingerprint density at radius 1 is 1.20 bits per heavy atom. The van der Waals surface area contributed by atoms with Gasteiger partial charge in [-0.05, 0) is 75.4 Å². The van der Waals surface area contributed by atoms with Gasteiger partial charge in [0.25, 0.3) is 0 Å². The molecule has 0 aliphatic heterocycles. The molecule has 0 aliphatic rings. The van der Waals surface area contributed by atoms with Crippen molar-refractivity contribution in [3.05, 3.63) is 66.2 Å². The standard InChI is InChI=1S/C14H10BrClF2IN/c1-20-14(8-3-2-7(17)4-13(8)19)9-5-11(16)10(15)6-12(9)18/h2-6,14,20H,1H3. The molecule has 2 aromatic carbocycles. The largest absolute Gasteiger partial charge is 0.309 e. The summed E-state index contributed by atoms with van der Waals surface area (Å²) in [5, 5.41) is 3.47. The Bertz CT molecular complexity index is 651. The normalized spacial score (nSPS) is 12.5. The topological polar surface area (TPSA) is 12.0 Å². The van der Waals surface area contributed by atoms with E-state index in [1.54, 1.807) is 19.2 Å². The zero-order valence-electron chi connectivity index (χ0n) is 10.4. The highest BCUT2D eigenvalue weighted by molar-refractivity contribution is 14.1. The molecule has 106 valence electrons. The minimum absolute atomic E-state index is 0.317. The van der Waals surface area contributed by atoms with E-state index in [4.69, 9.17) is 11.6 Å². The summed E-state index contributed by atoms with van der Waals surface area (Å²) in [6, 6.07) is 6.93. The Morgan fingerprint density at radius 2 is 1.90 bits per heavy atom. The molecule has 0 spiro atoms. The van der Waals surface area contributed by atoms with Gasteiger partial charge in [0.15, 0.2) is 0 Å². The maximum atomic E-state index is 14.2. The van der Waals surface area contributed by atoms with Gasteiger partial charge in [-0.3, -0.25) is 0 Å². The van der Waals surface area contributed by atoms with E-state index in [2.05, 4.69) is 21.2 Å². The lowest BCUT2D eigenvalue weighted by atomic mass is 9.98. The van der Waals surface area contributed by atoms with Crippen molar-refractivity contribution in [2.45, 2.75) is 6.04 Å². The third kappa shape index (κ3) is 3.32. The molecule has 6 heteroatoms. The molecule has 0 fully saturated rings. The minimum atomic E-state index is -0.395. The van der Waals surface area contributed by atoms with Crippen LogP contribution in [0.2, 0.25) is 5.02 Å². The first-order chi connectivity index (χ1) is 9.43. The van der Waals surface area contributed by atoms with Gasteiger partial charge < -0.3 is 5.32 Å².